The van der Waals surface area contributed by atoms with Crippen LogP contribution in [0.2, 0.25) is 0 Å². The second-order valence-electron chi connectivity index (χ2n) is 6.39. The van der Waals surface area contributed by atoms with Crippen LogP contribution in [0, 0.1) is 0 Å². The predicted octanol–water partition coefficient (Wildman–Crippen LogP) is 2.28. The minimum Gasteiger partial charge on any atom is -0.355 e. The van der Waals surface area contributed by atoms with Crippen LogP contribution in [0.5, 0.6) is 0 Å². The van der Waals surface area contributed by atoms with Crippen LogP contribution >= 0.6 is 0 Å². The minimum atomic E-state index is -0.706. The first-order chi connectivity index (χ1) is 9.56. The van der Waals surface area contributed by atoms with Crippen molar-refractivity contribution in [3.8, 4) is 0 Å². The maximum absolute atomic E-state index is 11.9. The Morgan fingerprint density at radius 1 is 1.20 bits per heavy atom. The average Bonchev–Trinajstić information content (AvgIpc) is 2.43. The highest BCUT2D eigenvalue weighted by Crippen LogP contribution is 2.10. The molecule has 0 radical (unpaired) electrons. The minimum absolute atomic E-state index is 0.00428. The quantitative estimate of drug-likeness (QED) is 0.638. The fourth-order valence-electron chi connectivity index (χ4n) is 2.86. The molecule has 0 saturated carbocycles. The Morgan fingerprint density at radius 2 is 1.90 bits per heavy atom. The van der Waals surface area contributed by atoms with Gasteiger partial charge in [0.05, 0.1) is 5.54 Å². The van der Waals surface area contributed by atoms with Crippen LogP contribution < -0.4 is 11.1 Å². The fourth-order valence-corrected chi connectivity index (χ4v) is 2.86. The molecule has 0 aromatic rings. The Hall–Kier alpha value is -0.610. The molecule has 0 bridgehead atoms. The van der Waals surface area contributed by atoms with Gasteiger partial charge in [0.1, 0.15) is 0 Å². The number of rotatable bonds is 9. The molecule has 1 aliphatic heterocycles. The van der Waals surface area contributed by atoms with Crippen molar-refractivity contribution in [1.29, 1.82) is 0 Å². The van der Waals surface area contributed by atoms with E-state index < -0.39 is 5.54 Å². The molecule has 20 heavy (non-hydrogen) atoms. The molecular weight excluding hydrogens is 250 g/mol. The third-order valence-corrected chi connectivity index (χ3v) is 4.17. The second-order valence-corrected chi connectivity index (χ2v) is 6.39. The van der Waals surface area contributed by atoms with E-state index in [0.29, 0.717) is 0 Å². The van der Waals surface area contributed by atoms with Gasteiger partial charge in [0, 0.05) is 6.54 Å². The maximum Gasteiger partial charge on any atom is 0.239 e. The van der Waals surface area contributed by atoms with Gasteiger partial charge in [-0.05, 0) is 58.7 Å². The second kappa shape index (κ2) is 9.35. The predicted molar refractivity (Wildman–Crippen MR) is 84.7 cm³/mol. The zero-order valence-electron chi connectivity index (χ0n) is 13.4. The molecule has 1 aliphatic rings. The molecule has 4 heteroatoms. The molecule has 0 aromatic heterocycles. The Balaban J connectivity index is 2.00. The van der Waals surface area contributed by atoms with Crippen molar-refractivity contribution in [1.82, 2.24) is 10.2 Å². The molecule has 1 amide bonds. The number of hydrogen-bond acceptors (Lipinski definition) is 3. The van der Waals surface area contributed by atoms with Crippen molar-refractivity contribution in [3.63, 3.8) is 0 Å². The van der Waals surface area contributed by atoms with Crippen LogP contribution in [0.25, 0.3) is 0 Å². The lowest BCUT2D eigenvalue weighted by atomic mass is 9.96. The highest BCUT2D eigenvalue weighted by Gasteiger charge is 2.26. The van der Waals surface area contributed by atoms with Crippen molar-refractivity contribution in [2.24, 2.45) is 5.73 Å². The van der Waals surface area contributed by atoms with Gasteiger partial charge in [0.15, 0.2) is 0 Å². The number of carbonyl (C=O) groups excluding carboxylic acids is 1. The molecular formula is C16H33N3O. The maximum atomic E-state index is 11.9. The Morgan fingerprint density at radius 3 is 2.55 bits per heavy atom. The van der Waals surface area contributed by atoms with Gasteiger partial charge in [-0.2, -0.15) is 0 Å². The lowest BCUT2D eigenvalue weighted by molar-refractivity contribution is -0.126. The smallest absolute Gasteiger partial charge is 0.239 e. The van der Waals surface area contributed by atoms with Gasteiger partial charge in [-0.25, -0.2) is 0 Å². The summed E-state index contributed by atoms with van der Waals surface area (Å²) < 4.78 is 0. The molecule has 0 aromatic carbocycles. The number of piperidine rings is 1. The van der Waals surface area contributed by atoms with E-state index in [1.54, 1.807) is 0 Å². The molecule has 1 rings (SSSR count). The van der Waals surface area contributed by atoms with E-state index in [0.717, 1.165) is 25.8 Å². The number of unbranched alkanes of at least 4 members (excludes halogenated alkanes) is 2. The molecule has 1 unspecified atom stereocenters. The van der Waals surface area contributed by atoms with Crippen LogP contribution in [-0.4, -0.2) is 42.5 Å². The van der Waals surface area contributed by atoms with E-state index >= 15 is 0 Å². The third-order valence-electron chi connectivity index (χ3n) is 4.17. The van der Waals surface area contributed by atoms with Gasteiger partial charge < -0.3 is 16.0 Å². The van der Waals surface area contributed by atoms with Crippen molar-refractivity contribution < 1.29 is 4.79 Å². The van der Waals surface area contributed by atoms with Crippen molar-refractivity contribution in [2.45, 2.75) is 70.8 Å². The number of amides is 1. The van der Waals surface area contributed by atoms with Gasteiger partial charge >= 0.3 is 0 Å². The van der Waals surface area contributed by atoms with Crippen LogP contribution in [0.15, 0.2) is 0 Å². The number of nitrogens with zero attached hydrogens (tertiary/aromatic N) is 1. The number of nitrogens with one attached hydrogen (secondary N) is 1. The van der Waals surface area contributed by atoms with E-state index in [-0.39, 0.29) is 5.91 Å². The van der Waals surface area contributed by atoms with Crippen LogP contribution in [0.4, 0.5) is 0 Å². The fraction of sp³-hybridized carbons (Fsp3) is 0.938. The lowest BCUT2D eigenvalue weighted by Gasteiger charge is -2.26. The van der Waals surface area contributed by atoms with Gasteiger partial charge in [0.25, 0.3) is 0 Å². The number of likely N-dealkylation sites (tertiary alicyclic amines) is 1. The molecule has 4 nitrogen and oxygen atoms in total. The van der Waals surface area contributed by atoms with E-state index in [4.69, 9.17) is 5.73 Å². The summed E-state index contributed by atoms with van der Waals surface area (Å²) in [5.41, 5.74) is 5.28. The average molecular weight is 283 g/mol. The lowest BCUT2D eigenvalue weighted by Crippen LogP contribution is -2.51. The first-order valence-corrected chi connectivity index (χ1v) is 8.36. The zero-order valence-corrected chi connectivity index (χ0v) is 13.4. The SMILES string of the molecule is CCCC(C)(N)C(=O)NCCCCCN1CCCCC1. The molecule has 1 fully saturated rings. The number of hydrogen-bond donors (Lipinski definition) is 2. The van der Waals surface area contributed by atoms with Crippen molar-refractivity contribution >= 4 is 5.91 Å². The Labute approximate surface area is 124 Å². The summed E-state index contributed by atoms with van der Waals surface area (Å²) in [6.45, 7) is 8.41. The molecule has 1 heterocycles. The summed E-state index contributed by atoms with van der Waals surface area (Å²) in [5.74, 6) is -0.00428. The molecule has 0 spiro atoms. The van der Waals surface area contributed by atoms with E-state index in [2.05, 4.69) is 17.1 Å². The van der Waals surface area contributed by atoms with E-state index in [1.807, 2.05) is 6.92 Å². The molecule has 3 N–H and O–H groups in total. The summed E-state index contributed by atoms with van der Waals surface area (Å²) in [4.78, 5) is 14.5. The Bertz CT molecular complexity index is 273. The third kappa shape index (κ3) is 6.71. The largest absolute Gasteiger partial charge is 0.355 e. The summed E-state index contributed by atoms with van der Waals surface area (Å²) in [6.07, 6.45) is 9.30. The molecule has 0 aliphatic carbocycles. The number of nitrogens with two attached hydrogens (primary N) is 1. The van der Waals surface area contributed by atoms with Crippen LogP contribution in [0.1, 0.15) is 65.2 Å². The van der Waals surface area contributed by atoms with E-state index in [1.165, 1.54) is 51.7 Å². The van der Waals surface area contributed by atoms with Gasteiger partial charge in [-0.3, -0.25) is 4.79 Å². The normalized spacial score (nSPS) is 19.6. The van der Waals surface area contributed by atoms with Crippen molar-refractivity contribution in [2.75, 3.05) is 26.2 Å². The van der Waals surface area contributed by atoms with Crippen LogP contribution in [-0.2, 0) is 4.79 Å². The summed E-state index contributed by atoms with van der Waals surface area (Å²) >= 11 is 0. The number of carbonyl (C=O) groups is 1. The van der Waals surface area contributed by atoms with Gasteiger partial charge in [-0.15, -0.1) is 0 Å². The van der Waals surface area contributed by atoms with Crippen molar-refractivity contribution in [3.05, 3.63) is 0 Å². The molecule has 118 valence electrons. The summed E-state index contributed by atoms with van der Waals surface area (Å²) in [5, 5.41) is 2.97. The first-order valence-electron chi connectivity index (χ1n) is 8.36. The molecule has 1 saturated heterocycles. The zero-order chi connectivity index (χ0) is 14.8. The Kier molecular flexibility index (Phi) is 8.15. The highest BCUT2D eigenvalue weighted by atomic mass is 16.2. The van der Waals surface area contributed by atoms with Gasteiger partial charge in [-0.1, -0.05) is 26.2 Å². The highest BCUT2D eigenvalue weighted by molar-refractivity contribution is 5.85. The monoisotopic (exact) mass is 283 g/mol. The first kappa shape index (κ1) is 17.4. The standard InChI is InChI=1S/C16H33N3O/c1-3-10-16(2,17)15(20)18-11-6-4-7-12-19-13-8-5-9-14-19/h3-14,17H2,1-2H3,(H,18,20). The van der Waals surface area contributed by atoms with Gasteiger partial charge in [0.2, 0.25) is 5.91 Å². The topological polar surface area (TPSA) is 58.4 Å². The summed E-state index contributed by atoms with van der Waals surface area (Å²) in [7, 11) is 0. The van der Waals surface area contributed by atoms with Crippen LogP contribution in [0.3, 0.4) is 0 Å². The van der Waals surface area contributed by atoms with E-state index in [9.17, 15) is 4.79 Å². The molecule has 1 atom stereocenters. The summed E-state index contributed by atoms with van der Waals surface area (Å²) in [6, 6.07) is 0.